The molecule has 1 aromatic carbocycles. The highest BCUT2D eigenvalue weighted by molar-refractivity contribution is 7.89. The fraction of sp³-hybridized carbons (Fsp3) is 0.542. The van der Waals surface area contributed by atoms with Crippen molar-refractivity contribution >= 4 is 21.7 Å². The van der Waals surface area contributed by atoms with Crippen molar-refractivity contribution in [1.82, 2.24) is 14.2 Å². The van der Waals surface area contributed by atoms with Crippen LogP contribution in [0.5, 0.6) is 0 Å². The summed E-state index contributed by atoms with van der Waals surface area (Å²) in [4.78, 5) is 10.2. The molecule has 5 rings (SSSR count). The quantitative estimate of drug-likeness (QED) is 0.622. The number of aromatic nitrogens is 1. The number of amidine groups is 1. The van der Waals surface area contributed by atoms with Crippen molar-refractivity contribution in [2.75, 3.05) is 37.9 Å². The largest absolute Gasteiger partial charge is 0.391 e. The Balaban J connectivity index is 1.17. The van der Waals surface area contributed by atoms with Crippen LogP contribution >= 0.6 is 0 Å². The molecule has 0 radical (unpaired) electrons. The topological polar surface area (TPSA) is 101 Å². The lowest BCUT2D eigenvalue weighted by atomic mass is 9.86. The standard InChI is InChI=1S/C24H33N5O3S/c1-28(24-20-11-12-25-23(20)26-16-27-24)19-9-7-17(8-10-19)15-33(31,32)29-13-21(22(30)14-29)18-5-3-2-4-6-18/h2-6,11-12,17,19,21-22,25-26,30H,7-10,13-16H2,1H3. The van der Waals surface area contributed by atoms with Crippen LogP contribution in [0.15, 0.2) is 47.6 Å². The van der Waals surface area contributed by atoms with Crippen LogP contribution in [0.25, 0.3) is 0 Å². The Morgan fingerprint density at radius 2 is 1.88 bits per heavy atom. The van der Waals surface area contributed by atoms with Crippen molar-refractivity contribution < 1.29 is 13.5 Å². The van der Waals surface area contributed by atoms with E-state index in [1.807, 2.05) is 42.6 Å². The molecule has 1 saturated heterocycles. The number of nitrogens with one attached hydrogen (secondary N) is 2. The van der Waals surface area contributed by atoms with E-state index in [2.05, 4.69) is 27.2 Å². The number of benzene rings is 1. The number of nitrogens with zero attached hydrogens (tertiary/aromatic N) is 3. The van der Waals surface area contributed by atoms with Gasteiger partial charge in [0.2, 0.25) is 10.0 Å². The Morgan fingerprint density at radius 1 is 1.12 bits per heavy atom. The van der Waals surface area contributed by atoms with Crippen molar-refractivity contribution in [3.8, 4) is 0 Å². The molecular weight excluding hydrogens is 438 g/mol. The molecule has 1 aliphatic carbocycles. The molecule has 1 saturated carbocycles. The molecule has 0 bridgehead atoms. The smallest absolute Gasteiger partial charge is 0.214 e. The summed E-state index contributed by atoms with van der Waals surface area (Å²) in [6, 6.07) is 12.1. The van der Waals surface area contributed by atoms with E-state index < -0.39 is 16.1 Å². The van der Waals surface area contributed by atoms with Gasteiger partial charge in [0.1, 0.15) is 18.3 Å². The summed E-state index contributed by atoms with van der Waals surface area (Å²) >= 11 is 0. The molecule has 3 N–H and O–H groups in total. The predicted molar refractivity (Wildman–Crippen MR) is 130 cm³/mol. The van der Waals surface area contributed by atoms with E-state index in [0.717, 1.165) is 48.5 Å². The van der Waals surface area contributed by atoms with E-state index >= 15 is 0 Å². The first-order chi connectivity index (χ1) is 15.9. The van der Waals surface area contributed by atoms with Gasteiger partial charge >= 0.3 is 0 Å². The van der Waals surface area contributed by atoms with E-state index in [4.69, 9.17) is 0 Å². The van der Waals surface area contributed by atoms with Gasteiger partial charge in [0.15, 0.2) is 0 Å². The van der Waals surface area contributed by atoms with Crippen LogP contribution in [-0.2, 0) is 10.0 Å². The maximum Gasteiger partial charge on any atom is 0.214 e. The highest BCUT2D eigenvalue weighted by Gasteiger charge is 2.40. The Labute approximate surface area is 195 Å². The summed E-state index contributed by atoms with van der Waals surface area (Å²) < 4.78 is 27.8. The van der Waals surface area contributed by atoms with Gasteiger partial charge in [-0.3, -0.25) is 0 Å². The average molecular weight is 472 g/mol. The molecular formula is C24H33N5O3S. The lowest BCUT2D eigenvalue weighted by Crippen LogP contribution is -2.42. The maximum atomic E-state index is 13.2. The second-order valence-corrected chi connectivity index (χ2v) is 11.6. The van der Waals surface area contributed by atoms with Gasteiger partial charge in [-0.15, -0.1) is 0 Å². The Morgan fingerprint density at radius 3 is 2.64 bits per heavy atom. The first kappa shape index (κ1) is 22.4. The highest BCUT2D eigenvalue weighted by atomic mass is 32.2. The Bertz CT molecular complexity index is 1090. The van der Waals surface area contributed by atoms with Crippen LogP contribution in [0.2, 0.25) is 0 Å². The number of H-pyrrole nitrogens is 1. The molecule has 178 valence electrons. The third-order valence-electron chi connectivity index (χ3n) is 7.49. The summed E-state index contributed by atoms with van der Waals surface area (Å²) in [6.07, 6.45) is 4.95. The SMILES string of the molecule is CN(C1=NCNc2[nH]ccc21)C1CCC(CS(=O)(=O)N2CC(O)C(c3ccccc3)C2)CC1. The lowest BCUT2D eigenvalue weighted by Gasteiger charge is -2.37. The van der Waals surface area contributed by atoms with Gasteiger partial charge in [0.05, 0.1) is 17.4 Å². The summed E-state index contributed by atoms with van der Waals surface area (Å²) in [7, 11) is -1.31. The highest BCUT2D eigenvalue weighted by Crippen LogP contribution is 2.33. The minimum Gasteiger partial charge on any atom is -0.391 e. The van der Waals surface area contributed by atoms with E-state index in [1.54, 1.807) is 0 Å². The third kappa shape index (κ3) is 4.54. The molecule has 2 aliphatic heterocycles. The molecule has 9 heteroatoms. The van der Waals surface area contributed by atoms with Gasteiger partial charge in [0.25, 0.3) is 0 Å². The molecule has 2 atom stereocenters. The Hall–Kier alpha value is -2.36. The second-order valence-electron chi connectivity index (χ2n) is 9.55. The zero-order chi connectivity index (χ0) is 23.0. The van der Waals surface area contributed by atoms with Gasteiger partial charge in [0, 0.05) is 38.3 Å². The molecule has 0 amide bonds. The van der Waals surface area contributed by atoms with E-state index in [-0.39, 0.29) is 24.1 Å². The van der Waals surface area contributed by atoms with Crippen LogP contribution in [0, 0.1) is 5.92 Å². The first-order valence-electron chi connectivity index (χ1n) is 11.8. The van der Waals surface area contributed by atoms with Crippen molar-refractivity contribution in [2.45, 2.75) is 43.7 Å². The van der Waals surface area contributed by atoms with Gasteiger partial charge in [-0.25, -0.2) is 13.4 Å². The van der Waals surface area contributed by atoms with Crippen molar-refractivity contribution in [1.29, 1.82) is 0 Å². The number of sulfonamides is 1. The Kier molecular flexibility index (Phi) is 6.20. The molecule has 33 heavy (non-hydrogen) atoms. The van der Waals surface area contributed by atoms with Crippen molar-refractivity contribution in [2.24, 2.45) is 10.9 Å². The minimum absolute atomic E-state index is 0.158. The minimum atomic E-state index is -3.40. The van der Waals surface area contributed by atoms with Gasteiger partial charge in [-0.1, -0.05) is 30.3 Å². The number of anilines is 1. The summed E-state index contributed by atoms with van der Waals surface area (Å²) in [5, 5.41) is 13.8. The zero-order valence-electron chi connectivity index (χ0n) is 19.0. The van der Waals surface area contributed by atoms with E-state index in [9.17, 15) is 13.5 Å². The number of aromatic amines is 1. The first-order valence-corrected chi connectivity index (χ1v) is 13.4. The zero-order valence-corrected chi connectivity index (χ0v) is 19.8. The average Bonchev–Trinajstić information content (AvgIpc) is 3.46. The monoisotopic (exact) mass is 471 g/mol. The van der Waals surface area contributed by atoms with E-state index in [1.165, 1.54) is 4.31 Å². The summed E-state index contributed by atoms with van der Waals surface area (Å²) in [5.41, 5.74) is 2.09. The lowest BCUT2D eigenvalue weighted by molar-refractivity contribution is 0.173. The van der Waals surface area contributed by atoms with Gasteiger partial charge in [-0.2, -0.15) is 4.31 Å². The molecule has 2 unspecified atom stereocenters. The van der Waals surface area contributed by atoms with Gasteiger partial charge in [-0.05, 0) is 43.2 Å². The molecule has 2 fully saturated rings. The number of hydrogen-bond donors (Lipinski definition) is 3. The molecule has 2 aromatic rings. The molecule has 0 spiro atoms. The van der Waals surface area contributed by atoms with Crippen LogP contribution < -0.4 is 5.32 Å². The van der Waals surface area contributed by atoms with Crippen molar-refractivity contribution in [3.63, 3.8) is 0 Å². The van der Waals surface area contributed by atoms with Crippen LogP contribution in [0.4, 0.5) is 5.82 Å². The number of hydrogen-bond acceptors (Lipinski definition) is 6. The number of rotatable bonds is 5. The summed E-state index contributed by atoms with van der Waals surface area (Å²) in [5.74, 6) is 2.18. The second kappa shape index (κ2) is 9.12. The van der Waals surface area contributed by atoms with E-state index in [0.29, 0.717) is 19.3 Å². The van der Waals surface area contributed by atoms with Crippen molar-refractivity contribution in [3.05, 3.63) is 53.7 Å². The molecule has 3 aliphatic rings. The fourth-order valence-electron chi connectivity index (χ4n) is 5.56. The molecule has 8 nitrogen and oxygen atoms in total. The number of fused-ring (bicyclic) bond motifs is 1. The number of aliphatic hydroxyl groups is 1. The number of aliphatic imine (C=N–C) groups is 1. The summed E-state index contributed by atoms with van der Waals surface area (Å²) in [6.45, 7) is 1.11. The normalized spacial score (nSPS) is 28.1. The molecule has 1 aromatic heterocycles. The van der Waals surface area contributed by atoms with Crippen LogP contribution in [-0.4, -0.2) is 78.3 Å². The van der Waals surface area contributed by atoms with Crippen LogP contribution in [0.3, 0.4) is 0 Å². The van der Waals surface area contributed by atoms with Gasteiger partial charge < -0.3 is 20.3 Å². The van der Waals surface area contributed by atoms with Crippen LogP contribution in [0.1, 0.15) is 42.7 Å². The third-order valence-corrected chi connectivity index (χ3v) is 9.47. The maximum absolute atomic E-state index is 13.2. The number of β-amino-alcohol motifs (C(OH)–C–C–N with tert-alkyl or cyclic N) is 1. The predicted octanol–water partition coefficient (Wildman–Crippen LogP) is 2.43. The fourth-order valence-corrected chi connectivity index (χ4v) is 7.47. The number of aliphatic hydroxyl groups excluding tert-OH is 1. The molecule has 3 heterocycles.